The summed E-state index contributed by atoms with van der Waals surface area (Å²) in [5.74, 6) is -3.00. The Balaban J connectivity index is 1.42. The second-order valence-corrected chi connectivity index (χ2v) is 10.1. The summed E-state index contributed by atoms with van der Waals surface area (Å²) in [6.45, 7) is -0.112. The molecule has 3 aromatic heterocycles. The summed E-state index contributed by atoms with van der Waals surface area (Å²) in [6.07, 6.45) is 11.6. The van der Waals surface area contributed by atoms with Gasteiger partial charge in [0, 0.05) is 37.9 Å². The molecule has 204 valence electrons. The first kappa shape index (κ1) is 26.6. The Bertz CT molecular complexity index is 1550. The highest BCUT2D eigenvalue weighted by Gasteiger charge is 2.33. The Hall–Kier alpha value is -4.04. The lowest BCUT2D eigenvalue weighted by atomic mass is 10.0. The average molecular weight is 559 g/mol. The van der Waals surface area contributed by atoms with Gasteiger partial charge in [-0.15, -0.1) is 5.10 Å². The Morgan fingerprint density at radius 1 is 1.13 bits per heavy atom. The molecule has 1 saturated heterocycles. The molecule has 2 N–H and O–H groups in total. The Labute approximate surface area is 220 Å². The first-order valence-electron chi connectivity index (χ1n) is 11.9. The van der Waals surface area contributed by atoms with Crippen molar-refractivity contribution in [3.63, 3.8) is 0 Å². The molecule has 39 heavy (non-hydrogen) atoms. The van der Waals surface area contributed by atoms with Crippen LogP contribution in [0, 0.1) is 5.82 Å². The van der Waals surface area contributed by atoms with Gasteiger partial charge in [0.15, 0.2) is 11.6 Å². The molecular weight excluding hydrogens is 536 g/mol. The van der Waals surface area contributed by atoms with Crippen LogP contribution in [-0.4, -0.2) is 87.9 Å². The van der Waals surface area contributed by atoms with E-state index >= 15 is 4.39 Å². The fourth-order valence-electron chi connectivity index (χ4n) is 4.54. The van der Waals surface area contributed by atoms with Gasteiger partial charge in [-0.25, -0.2) is 18.6 Å². The molecule has 1 aliphatic heterocycles. The molecule has 14 nitrogen and oxygen atoms in total. The second-order valence-electron chi connectivity index (χ2n) is 8.83. The zero-order chi connectivity index (χ0) is 27.7. The molecule has 0 aromatic carbocycles. The molecule has 5 rings (SSSR count). The molecule has 2 amide bonds. The van der Waals surface area contributed by atoms with Gasteiger partial charge in [0.05, 0.1) is 35.1 Å². The summed E-state index contributed by atoms with van der Waals surface area (Å²) in [7, 11) is -4.95. The van der Waals surface area contributed by atoms with Crippen molar-refractivity contribution in [2.75, 3.05) is 26.2 Å². The third-order valence-corrected chi connectivity index (χ3v) is 6.87. The summed E-state index contributed by atoms with van der Waals surface area (Å²) in [5, 5.41) is 7.19. The number of rotatable bonds is 7. The molecule has 0 bridgehead atoms. The van der Waals surface area contributed by atoms with Crippen LogP contribution < -0.4 is 0 Å². The summed E-state index contributed by atoms with van der Waals surface area (Å²) < 4.78 is 33.2. The van der Waals surface area contributed by atoms with Crippen LogP contribution in [-0.2, 0) is 25.4 Å². The van der Waals surface area contributed by atoms with Gasteiger partial charge in [-0.05, 0) is 12.8 Å². The van der Waals surface area contributed by atoms with Crippen molar-refractivity contribution >= 4 is 36.3 Å². The number of phosphoric acid groups is 1. The number of Topliss-reactive ketones (excluding diaryl/α,β-unsaturated/α-hetero) is 1. The number of hydrogen-bond acceptors (Lipinski definition) is 8. The highest BCUT2D eigenvalue weighted by Crippen LogP contribution is 2.37. The standard InChI is InChI=1S/C23H23FN7O7P/c24-17-12-25-21(31-7-6-26-27-31)19-18(17)16(13-30(19)14-38-39(35,36)37)20(32)23(34)29-10-8-28(9-11-29)22(33)15-4-2-1-3-5-15/h1-2,4,6-7,12-13H,3,5,8-11,14H2,(H2,35,36,37). The molecule has 0 saturated carbocycles. The molecule has 0 spiro atoms. The van der Waals surface area contributed by atoms with Crippen LogP contribution >= 0.6 is 7.82 Å². The number of halogens is 1. The van der Waals surface area contributed by atoms with Crippen LogP contribution in [0.3, 0.4) is 0 Å². The second kappa shape index (κ2) is 10.6. The number of allylic oxidation sites excluding steroid dienone is 3. The van der Waals surface area contributed by atoms with Crippen LogP contribution in [0.15, 0.2) is 48.6 Å². The highest BCUT2D eigenvalue weighted by molar-refractivity contribution is 7.46. The van der Waals surface area contributed by atoms with E-state index in [1.54, 1.807) is 11.0 Å². The number of ketones is 1. The number of fused-ring (bicyclic) bond motifs is 1. The number of phosphoric ester groups is 1. The van der Waals surface area contributed by atoms with Gasteiger partial charge in [0.2, 0.25) is 5.91 Å². The number of amides is 2. The molecule has 0 unspecified atom stereocenters. The van der Waals surface area contributed by atoms with Gasteiger partial charge in [0.1, 0.15) is 6.73 Å². The van der Waals surface area contributed by atoms with Crippen LogP contribution in [0.2, 0.25) is 0 Å². The van der Waals surface area contributed by atoms with E-state index in [2.05, 4.69) is 19.8 Å². The molecule has 4 heterocycles. The summed E-state index contributed by atoms with van der Waals surface area (Å²) in [5.41, 5.74) is 0.254. The maximum Gasteiger partial charge on any atom is 0.471 e. The minimum absolute atomic E-state index is 0.0105. The van der Waals surface area contributed by atoms with Crippen molar-refractivity contribution in [2.24, 2.45) is 0 Å². The lowest BCUT2D eigenvalue weighted by Crippen LogP contribution is -2.52. The molecule has 3 aromatic rings. The Morgan fingerprint density at radius 3 is 2.51 bits per heavy atom. The summed E-state index contributed by atoms with van der Waals surface area (Å²) in [6, 6.07) is 0. The monoisotopic (exact) mass is 559 g/mol. The molecule has 0 atom stereocenters. The third-order valence-electron chi connectivity index (χ3n) is 6.42. The van der Waals surface area contributed by atoms with E-state index in [4.69, 9.17) is 0 Å². The smallest absolute Gasteiger partial charge is 0.335 e. The van der Waals surface area contributed by atoms with E-state index in [9.17, 15) is 28.7 Å². The third kappa shape index (κ3) is 5.43. The first-order valence-corrected chi connectivity index (χ1v) is 13.4. The van der Waals surface area contributed by atoms with Crippen LogP contribution in [0.25, 0.3) is 16.7 Å². The van der Waals surface area contributed by atoms with E-state index in [1.807, 2.05) is 12.2 Å². The number of piperazine rings is 1. The van der Waals surface area contributed by atoms with Crippen molar-refractivity contribution < 1.29 is 37.6 Å². The van der Waals surface area contributed by atoms with Gasteiger partial charge >= 0.3 is 7.82 Å². The molecule has 16 heteroatoms. The minimum atomic E-state index is -4.95. The molecular formula is C23H23FN7O7P. The van der Waals surface area contributed by atoms with Crippen LogP contribution in [0.1, 0.15) is 23.2 Å². The minimum Gasteiger partial charge on any atom is -0.335 e. The fourth-order valence-corrected chi connectivity index (χ4v) is 4.81. The van der Waals surface area contributed by atoms with Crippen molar-refractivity contribution in [1.29, 1.82) is 0 Å². The summed E-state index contributed by atoms with van der Waals surface area (Å²) >= 11 is 0. The number of carbonyl (C=O) groups excluding carboxylic acids is 3. The number of hydrogen-bond donors (Lipinski definition) is 2. The van der Waals surface area contributed by atoms with E-state index in [1.165, 1.54) is 22.0 Å². The molecule has 1 aliphatic carbocycles. The summed E-state index contributed by atoms with van der Waals surface area (Å²) in [4.78, 5) is 64.6. The highest BCUT2D eigenvalue weighted by atomic mass is 31.2. The lowest BCUT2D eigenvalue weighted by molar-refractivity contribution is -0.134. The zero-order valence-corrected chi connectivity index (χ0v) is 21.3. The van der Waals surface area contributed by atoms with E-state index in [0.29, 0.717) is 12.0 Å². The topological polar surface area (TPSA) is 173 Å². The molecule has 1 fully saturated rings. The number of carbonyl (C=O) groups is 3. The van der Waals surface area contributed by atoms with Crippen molar-refractivity contribution in [1.82, 2.24) is 34.3 Å². The maximum absolute atomic E-state index is 15.1. The van der Waals surface area contributed by atoms with Crippen LogP contribution in [0.5, 0.6) is 0 Å². The van der Waals surface area contributed by atoms with Crippen molar-refractivity contribution in [3.8, 4) is 5.82 Å². The Kier molecular flexibility index (Phi) is 7.23. The number of aromatic nitrogens is 5. The fraction of sp³-hybridized carbons (Fsp3) is 0.304. The normalized spacial score (nSPS) is 16.0. The molecule has 2 aliphatic rings. The number of nitrogens with zero attached hydrogens (tertiary/aromatic N) is 7. The van der Waals surface area contributed by atoms with Crippen molar-refractivity contribution in [3.05, 3.63) is 60.0 Å². The van der Waals surface area contributed by atoms with Gasteiger partial charge in [-0.1, -0.05) is 23.4 Å². The number of pyridine rings is 1. The largest absolute Gasteiger partial charge is 0.471 e. The van der Waals surface area contributed by atoms with Crippen LogP contribution in [0.4, 0.5) is 4.39 Å². The predicted molar refractivity (Wildman–Crippen MR) is 132 cm³/mol. The van der Waals surface area contributed by atoms with Gasteiger partial charge in [0.25, 0.3) is 11.7 Å². The molecule has 0 radical (unpaired) electrons. The van der Waals surface area contributed by atoms with Gasteiger partial charge < -0.3 is 24.2 Å². The zero-order valence-electron chi connectivity index (χ0n) is 20.4. The quantitative estimate of drug-likeness (QED) is 0.241. The Morgan fingerprint density at radius 2 is 1.87 bits per heavy atom. The first-order chi connectivity index (χ1) is 18.6. The van der Waals surface area contributed by atoms with E-state index < -0.39 is 32.1 Å². The van der Waals surface area contributed by atoms with Gasteiger partial charge in [-0.3, -0.25) is 18.9 Å². The maximum atomic E-state index is 15.1. The van der Waals surface area contributed by atoms with E-state index in [0.717, 1.165) is 23.4 Å². The average Bonchev–Trinajstić information content (AvgIpc) is 3.61. The SMILES string of the molecule is O=C(C(=O)N1CCN(C(=O)C2=CC=CCC2)CC1)c1cn(COP(=O)(O)O)c2c(-n3ccnn3)ncc(F)c12. The lowest BCUT2D eigenvalue weighted by Gasteiger charge is -2.35. The predicted octanol–water partition coefficient (Wildman–Crippen LogP) is 0.953. The van der Waals surface area contributed by atoms with Crippen molar-refractivity contribution in [2.45, 2.75) is 19.6 Å². The van der Waals surface area contributed by atoms with E-state index in [-0.39, 0.29) is 54.4 Å². The van der Waals surface area contributed by atoms with Gasteiger partial charge in [-0.2, -0.15) is 0 Å².